The van der Waals surface area contributed by atoms with Crippen molar-refractivity contribution in [2.75, 3.05) is 19.7 Å². The molecule has 1 aromatic carbocycles. The molecule has 0 unspecified atom stereocenters. The first kappa shape index (κ1) is 19.7. The van der Waals surface area contributed by atoms with Crippen LogP contribution in [0.3, 0.4) is 0 Å². The predicted molar refractivity (Wildman–Crippen MR) is 88.2 cm³/mol. The fraction of sp³-hybridized carbons (Fsp3) is 0.588. The fourth-order valence-corrected chi connectivity index (χ4v) is 2.83. The first-order valence-corrected chi connectivity index (χ1v) is 8.29. The number of rotatable bonds is 3. The normalized spacial score (nSPS) is 18.4. The summed E-state index contributed by atoms with van der Waals surface area (Å²) >= 11 is 6.00. The van der Waals surface area contributed by atoms with E-state index >= 15 is 0 Å². The van der Waals surface area contributed by atoms with Crippen LogP contribution in [0.4, 0.5) is 18.0 Å². The van der Waals surface area contributed by atoms with Crippen LogP contribution in [0, 0.1) is 0 Å². The minimum atomic E-state index is -4.41. The third kappa shape index (κ3) is 6.30. The monoisotopic (exact) mass is 379 g/mol. The van der Waals surface area contributed by atoms with Gasteiger partial charge in [0.1, 0.15) is 11.4 Å². The second-order valence-corrected chi connectivity index (χ2v) is 7.47. The van der Waals surface area contributed by atoms with Crippen LogP contribution < -0.4 is 4.74 Å². The minimum absolute atomic E-state index is 0.0283. The number of hydrogen-bond donors (Lipinski definition) is 0. The lowest BCUT2D eigenvalue weighted by Crippen LogP contribution is -2.35. The van der Waals surface area contributed by atoms with Crippen molar-refractivity contribution in [3.8, 4) is 5.75 Å². The highest BCUT2D eigenvalue weighted by atomic mass is 35.5. The summed E-state index contributed by atoms with van der Waals surface area (Å²) in [7, 11) is 0. The van der Waals surface area contributed by atoms with E-state index in [1.807, 2.05) is 0 Å². The molecule has 0 aromatic heterocycles. The molecule has 8 heteroatoms. The molecule has 1 atom stereocenters. The van der Waals surface area contributed by atoms with E-state index in [9.17, 15) is 18.0 Å². The van der Waals surface area contributed by atoms with Crippen molar-refractivity contribution < 1.29 is 27.4 Å². The van der Waals surface area contributed by atoms with Gasteiger partial charge in [0.25, 0.3) is 0 Å². The summed E-state index contributed by atoms with van der Waals surface area (Å²) in [6.45, 7) is 4.94. The molecule has 1 fully saturated rings. The number of halogens is 4. The second kappa shape index (κ2) is 7.32. The first-order valence-electron chi connectivity index (χ1n) is 7.91. The number of likely N-dealkylation sites (tertiary alicyclic amines) is 1. The molecule has 1 aromatic rings. The van der Waals surface area contributed by atoms with E-state index < -0.39 is 24.5 Å². The number of nitrogens with zero attached hydrogens (tertiary/aromatic N) is 1. The number of amides is 1. The number of alkyl halides is 3. The second-order valence-electron chi connectivity index (χ2n) is 7.04. The Hall–Kier alpha value is -1.63. The van der Waals surface area contributed by atoms with E-state index in [1.54, 1.807) is 37.8 Å². The van der Waals surface area contributed by atoms with Gasteiger partial charge in [0, 0.05) is 24.0 Å². The minimum Gasteiger partial charge on any atom is -0.484 e. The molecule has 0 spiro atoms. The van der Waals surface area contributed by atoms with Crippen LogP contribution in [0.5, 0.6) is 5.75 Å². The molecule has 1 heterocycles. The Kier molecular flexibility index (Phi) is 5.76. The molecule has 140 valence electrons. The smallest absolute Gasteiger partial charge is 0.422 e. The van der Waals surface area contributed by atoms with Crippen molar-refractivity contribution in [3.63, 3.8) is 0 Å². The molecule has 0 saturated carbocycles. The Labute approximate surface area is 149 Å². The Bertz CT molecular complexity index is 629. The van der Waals surface area contributed by atoms with Crippen molar-refractivity contribution in [3.05, 3.63) is 28.8 Å². The highest BCUT2D eigenvalue weighted by molar-refractivity contribution is 6.30. The molecular formula is C17H21ClF3NO3. The zero-order valence-corrected chi connectivity index (χ0v) is 15.1. The molecule has 25 heavy (non-hydrogen) atoms. The molecule has 1 aliphatic rings. The maximum absolute atomic E-state index is 12.3. The lowest BCUT2D eigenvalue weighted by molar-refractivity contribution is -0.153. The molecular weight excluding hydrogens is 359 g/mol. The van der Waals surface area contributed by atoms with E-state index in [0.717, 1.165) is 5.56 Å². The summed E-state index contributed by atoms with van der Waals surface area (Å²) < 4.78 is 47.0. The summed E-state index contributed by atoms with van der Waals surface area (Å²) in [6.07, 6.45) is -4.13. The molecule has 1 amide bonds. The van der Waals surface area contributed by atoms with Crippen LogP contribution in [0.1, 0.15) is 38.7 Å². The van der Waals surface area contributed by atoms with E-state index in [2.05, 4.69) is 0 Å². The summed E-state index contributed by atoms with van der Waals surface area (Å²) in [5.41, 5.74) is 0.167. The van der Waals surface area contributed by atoms with Crippen LogP contribution in [-0.2, 0) is 4.74 Å². The number of carbonyl (C=O) groups is 1. The van der Waals surface area contributed by atoms with E-state index in [-0.39, 0.29) is 11.7 Å². The first-order chi connectivity index (χ1) is 11.4. The Balaban J connectivity index is 2.04. The summed E-state index contributed by atoms with van der Waals surface area (Å²) in [4.78, 5) is 13.7. The van der Waals surface area contributed by atoms with Gasteiger partial charge in [-0.05, 0) is 51.0 Å². The van der Waals surface area contributed by atoms with Gasteiger partial charge >= 0.3 is 12.3 Å². The molecule has 0 radical (unpaired) electrons. The Morgan fingerprint density at radius 3 is 2.56 bits per heavy atom. The van der Waals surface area contributed by atoms with Crippen LogP contribution in [0.2, 0.25) is 5.02 Å². The predicted octanol–water partition coefficient (Wildman–Crippen LogP) is 5.01. The SMILES string of the molecule is CC(C)(C)OC(=O)N1CC[C@@H](c2cc(Cl)cc(OCC(F)(F)F)c2)C1. The Morgan fingerprint density at radius 2 is 1.96 bits per heavy atom. The van der Waals surface area contributed by atoms with Crippen LogP contribution >= 0.6 is 11.6 Å². The number of hydrogen-bond acceptors (Lipinski definition) is 3. The molecule has 1 saturated heterocycles. The molecule has 2 rings (SSSR count). The maximum Gasteiger partial charge on any atom is 0.422 e. The highest BCUT2D eigenvalue weighted by Gasteiger charge is 2.31. The van der Waals surface area contributed by atoms with Gasteiger partial charge < -0.3 is 14.4 Å². The maximum atomic E-state index is 12.3. The fourth-order valence-electron chi connectivity index (χ4n) is 2.59. The lowest BCUT2D eigenvalue weighted by atomic mass is 9.98. The number of carbonyl (C=O) groups excluding carboxylic acids is 1. The van der Waals surface area contributed by atoms with Gasteiger partial charge in [0.2, 0.25) is 0 Å². The van der Waals surface area contributed by atoms with E-state index in [1.165, 1.54) is 6.07 Å². The third-order valence-corrected chi connectivity index (χ3v) is 3.83. The highest BCUT2D eigenvalue weighted by Crippen LogP contribution is 2.33. The van der Waals surface area contributed by atoms with Crippen molar-refractivity contribution >= 4 is 17.7 Å². The standard InChI is InChI=1S/C17H21ClF3NO3/c1-16(2,3)25-15(23)22-5-4-11(9-22)12-6-13(18)8-14(7-12)24-10-17(19,20)21/h6-8,11H,4-5,9-10H2,1-3H3/t11-/m1/s1. The number of ether oxygens (including phenoxy) is 2. The average molecular weight is 380 g/mol. The van der Waals surface area contributed by atoms with Gasteiger partial charge in [-0.2, -0.15) is 13.2 Å². The van der Waals surface area contributed by atoms with Gasteiger partial charge in [-0.25, -0.2) is 4.79 Å². The quantitative estimate of drug-likeness (QED) is 0.741. The van der Waals surface area contributed by atoms with Gasteiger partial charge in [-0.15, -0.1) is 0 Å². The topological polar surface area (TPSA) is 38.8 Å². The van der Waals surface area contributed by atoms with Crippen molar-refractivity contribution in [1.82, 2.24) is 4.90 Å². The van der Waals surface area contributed by atoms with E-state index in [0.29, 0.717) is 24.5 Å². The Morgan fingerprint density at radius 1 is 1.28 bits per heavy atom. The van der Waals surface area contributed by atoms with Crippen molar-refractivity contribution in [2.45, 2.75) is 44.9 Å². The van der Waals surface area contributed by atoms with Gasteiger partial charge in [0.05, 0.1) is 0 Å². The summed E-state index contributed by atoms with van der Waals surface area (Å²) in [6, 6.07) is 4.57. The zero-order chi connectivity index (χ0) is 18.8. The number of benzene rings is 1. The van der Waals surface area contributed by atoms with Gasteiger partial charge in [0.15, 0.2) is 6.61 Å². The van der Waals surface area contributed by atoms with Crippen molar-refractivity contribution in [2.24, 2.45) is 0 Å². The average Bonchev–Trinajstić information content (AvgIpc) is 2.92. The van der Waals surface area contributed by atoms with Crippen molar-refractivity contribution in [1.29, 1.82) is 0 Å². The largest absolute Gasteiger partial charge is 0.484 e. The lowest BCUT2D eigenvalue weighted by Gasteiger charge is -2.24. The van der Waals surface area contributed by atoms with Gasteiger partial charge in [-0.1, -0.05) is 11.6 Å². The molecule has 1 aliphatic heterocycles. The molecule has 0 bridgehead atoms. The molecule has 4 nitrogen and oxygen atoms in total. The molecule has 0 aliphatic carbocycles. The summed E-state index contributed by atoms with van der Waals surface area (Å²) in [5.74, 6) is 0.0370. The molecule has 0 N–H and O–H groups in total. The zero-order valence-electron chi connectivity index (χ0n) is 14.3. The van der Waals surface area contributed by atoms with Crippen LogP contribution in [-0.4, -0.2) is 42.5 Å². The van der Waals surface area contributed by atoms with Crippen LogP contribution in [0.15, 0.2) is 18.2 Å². The van der Waals surface area contributed by atoms with E-state index in [4.69, 9.17) is 21.1 Å². The van der Waals surface area contributed by atoms with Gasteiger partial charge in [-0.3, -0.25) is 0 Å². The van der Waals surface area contributed by atoms with Crippen LogP contribution in [0.25, 0.3) is 0 Å². The third-order valence-electron chi connectivity index (χ3n) is 3.61. The summed E-state index contributed by atoms with van der Waals surface area (Å²) in [5, 5.41) is 0.297.